The molecule has 3 aromatic carbocycles. The summed E-state index contributed by atoms with van der Waals surface area (Å²) in [5, 5.41) is 0.949. The van der Waals surface area contributed by atoms with E-state index in [1.807, 2.05) is 63.2 Å². The van der Waals surface area contributed by atoms with Crippen molar-refractivity contribution in [3.8, 4) is 5.69 Å². The summed E-state index contributed by atoms with van der Waals surface area (Å²) in [7, 11) is 0. The van der Waals surface area contributed by atoms with Gasteiger partial charge < -0.3 is 4.90 Å². The van der Waals surface area contributed by atoms with E-state index in [1.165, 1.54) is 0 Å². The molecule has 1 atom stereocenters. The number of hydrogen-bond donors (Lipinski definition) is 0. The zero-order valence-corrected chi connectivity index (χ0v) is 21.3. The van der Waals surface area contributed by atoms with Crippen molar-refractivity contribution in [1.29, 1.82) is 0 Å². The highest BCUT2D eigenvalue weighted by Crippen LogP contribution is 2.28. The van der Waals surface area contributed by atoms with Crippen LogP contribution in [0.3, 0.4) is 0 Å². The second-order valence-corrected chi connectivity index (χ2v) is 9.33. The molecule has 0 aliphatic rings. The van der Waals surface area contributed by atoms with Crippen molar-refractivity contribution in [1.82, 2.24) is 14.5 Å². The number of rotatable bonds is 7. The molecule has 0 saturated heterocycles. The molecule has 4 aromatic rings. The van der Waals surface area contributed by atoms with Crippen LogP contribution in [0, 0.1) is 13.8 Å². The number of fused-ring (bicyclic) bond motifs is 1. The van der Waals surface area contributed by atoms with E-state index in [1.54, 1.807) is 27.7 Å². The van der Waals surface area contributed by atoms with Crippen LogP contribution in [-0.4, -0.2) is 26.9 Å². The number of unbranched alkanes of at least 4 members (excludes halogenated alkanes) is 1. The Morgan fingerprint density at radius 2 is 1.77 bits per heavy atom. The zero-order valence-electron chi connectivity index (χ0n) is 20.6. The Bertz CT molecular complexity index is 1440. The molecule has 5 nitrogen and oxygen atoms in total. The van der Waals surface area contributed by atoms with E-state index in [4.69, 9.17) is 16.6 Å². The lowest BCUT2D eigenvalue weighted by molar-refractivity contribution is 0.0678. The summed E-state index contributed by atoms with van der Waals surface area (Å²) in [5.74, 6) is 0.350. The van der Waals surface area contributed by atoms with E-state index in [9.17, 15) is 9.59 Å². The predicted molar refractivity (Wildman–Crippen MR) is 143 cm³/mol. The van der Waals surface area contributed by atoms with Gasteiger partial charge in [0, 0.05) is 6.54 Å². The SMILES string of the molecule is CCCCN(C(=O)c1ccccc1Cl)C(C)c1nc2ccccc2c(=O)n1-c1ccc(C)cc1C. The molecule has 1 unspecified atom stereocenters. The summed E-state index contributed by atoms with van der Waals surface area (Å²) >= 11 is 6.40. The topological polar surface area (TPSA) is 55.2 Å². The van der Waals surface area contributed by atoms with Crippen molar-refractivity contribution in [2.75, 3.05) is 6.54 Å². The highest BCUT2D eigenvalue weighted by Gasteiger charge is 2.28. The van der Waals surface area contributed by atoms with E-state index in [-0.39, 0.29) is 11.5 Å². The lowest BCUT2D eigenvalue weighted by Crippen LogP contribution is -2.38. The Labute approximate surface area is 211 Å². The fraction of sp³-hybridized carbons (Fsp3) is 0.276. The number of amides is 1. The van der Waals surface area contributed by atoms with Crippen LogP contribution in [0.25, 0.3) is 16.6 Å². The number of aryl methyl sites for hydroxylation is 2. The summed E-state index contributed by atoms with van der Waals surface area (Å²) in [6, 6.07) is 19.9. The highest BCUT2D eigenvalue weighted by molar-refractivity contribution is 6.33. The third-order valence-corrected chi connectivity index (χ3v) is 6.68. The van der Waals surface area contributed by atoms with Gasteiger partial charge in [-0.15, -0.1) is 0 Å². The number of carbonyl (C=O) groups is 1. The number of carbonyl (C=O) groups excluding carboxylic acids is 1. The lowest BCUT2D eigenvalue weighted by atomic mass is 10.1. The van der Waals surface area contributed by atoms with Gasteiger partial charge in [0.25, 0.3) is 11.5 Å². The maximum absolute atomic E-state index is 13.8. The minimum Gasteiger partial charge on any atom is -0.329 e. The van der Waals surface area contributed by atoms with Crippen molar-refractivity contribution >= 4 is 28.4 Å². The van der Waals surface area contributed by atoms with E-state index in [0.717, 1.165) is 29.7 Å². The van der Waals surface area contributed by atoms with E-state index in [0.29, 0.717) is 33.9 Å². The summed E-state index contributed by atoms with van der Waals surface area (Å²) in [6.07, 6.45) is 1.75. The van der Waals surface area contributed by atoms with E-state index in [2.05, 4.69) is 13.0 Å². The van der Waals surface area contributed by atoms with Crippen LogP contribution >= 0.6 is 11.6 Å². The van der Waals surface area contributed by atoms with Crippen LogP contribution in [0.4, 0.5) is 0 Å². The average Bonchev–Trinajstić information content (AvgIpc) is 2.85. The summed E-state index contributed by atoms with van der Waals surface area (Å²) in [5.41, 5.74) is 3.75. The van der Waals surface area contributed by atoms with Crippen LogP contribution in [0.1, 0.15) is 60.0 Å². The maximum atomic E-state index is 13.8. The van der Waals surface area contributed by atoms with Gasteiger partial charge in [-0.05, 0) is 63.1 Å². The molecule has 0 saturated carbocycles. The van der Waals surface area contributed by atoms with Crippen LogP contribution in [0.2, 0.25) is 5.02 Å². The van der Waals surface area contributed by atoms with Crippen LogP contribution < -0.4 is 5.56 Å². The molecular formula is C29H30ClN3O2. The molecular weight excluding hydrogens is 458 g/mol. The second-order valence-electron chi connectivity index (χ2n) is 8.93. The average molecular weight is 488 g/mol. The first kappa shape index (κ1) is 24.7. The number of benzene rings is 3. The molecule has 6 heteroatoms. The van der Waals surface area contributed by atoms with Gasteiger partial charge in [-0.25, -0.2) is 4.98 Å². The van der Waals surface area contributed by atoms with Gasteiger partial charge in [-0.1, -0.05) is 66.9 Å². The van der Waals surface area contributed by atoms with Crippen LogP contribution in [-0.2, 0) is 0 Å². The van der Waals surface area contributed by atoms with Crippen molar-refractivity contribution < 1.29 is 4.79 Å². The Morgan fingerprint density at radius 3 is 2.49 bits per heavy atom. The van der Waals surface area contributed by atoms with Crippen molar-refractivity contribution in [3.05, 3.63) is 105 Å². The molecule has 0 spiro atoms. The monoisotopic (exact) mass is 487 g/mol. The minimum atomic E-state index is -0.469. The molecule has 4 rings (SSSR count). The molecule has 0 aliphatic carbocycles. The summed E-state index contributed by atoms with van der Waals surface area (Å²) < 4.78 is 1.67. The first-order valence-electron chi connectivity index (χ1n) is 12.0. The fourth-order valence-corrected chi connectivity index (χ4v) is 4.66. The molecule has 180 valence electrons. The minimum absolute atomic E-state index is 0.148. The molecule has 35 heavy (non-hydrogen) atoms. The standard InChI is InChI=1S/C29H30ClN3O2/c1-5-6-17-32(28(34)22-11-7-9-13-24(22)30)21(4)27-31-25-14-10-8-12-23(25)29(35)33(27)26-16-15-19(2)18-20(26)3/h7-16,18,21H,5-6,17H2,1-4H3. The third kappa shape index (κ3) is 4.87. The number of nitrogens with zero attached hydrogens (tertiary/aromatic N) is 3. The third-order valence-electron chi connectivity index (χ3n) is 6.35. The smallest absolute Gasteiger partial charge is 0.266 e. The van der Waals surface area contributed by atoms with Crippen molar-refractivity contribution in [2.45, 2.75) is 46.6 Å². The highest BCUT2D eigenvalue weighted by atomic mass is 35.5. The van der Waals surface area contributed by atoms with Gasteiger partial charge >= 0.3 is 0 Å². The van der Waals surface area contributed by atoms with Gasteiger partial charge in [0.1, 0.15) is 5.82 Å². The van der Waals surface area contributed by atoms with Gasteiger partial charge in [0.2, 0.25) is 0 Å². The predicted octanol–water partition coefficient (Wildman–Crippen LogP) is 6.66. The van der Waals surface area contributed by atoms with Gasteiger partial charge in [-0.3, -0.25) is 14.2 Å². The number of aromatic nitrogens is 2. The Hall–Kier alpha value is -3.44. The molecule has 0 aliphatic heterocycles. The maximum Gasteiger partial charge on any atom is 0.266 e. The molecule has 0 radical (unpaired) electrons. The van der Waals surface area contributed by atoms with Gasteiger partial charge in [-0.2, -0.15) is 0 Å². The van der Waals surface area contributed by atoms with Gasteiger partial charge in [0.05, 0.1) is 33.2 Å². The fourth-order valence-electron chi connectivity index (χ4n) is 4.45. The van der Waals surface area contributed by atoms with Gasteiger partial charge in [0.15, 0.2) is 0 Å². The summed E-state index contributed by atoms with van der Waals surface area (Å²) in [6.45, 7) is 8.56. The molecule has 1 aromatic heterocycles. The van der Waals surface area contributed by atoms with Crippen LogP contribution in [0.15, 0.2) is 71.5 Å². The second kappa shape index (κ2) is 10.4. The molecule has 1 amide bonds. The first-order chi connectivity index (χ1) is 16.8. The quantitative estimate of drug-likeness (QED) is 0.293. The van der Waals surface area contributed by atoms with Crippen molar-refractivity contribution in [3.63, 3.8) is 0 Å². The number of halogens is 1. The molecule has 0 bridgehead atoms. The molecule has 0 fully saturated rings. The Balaban J connectivity index is 1.94. The lowest BCUT2D eigenvalue weighted by Gasteiger charge is -2.31. The normalized spacial score (nSPS) is 12.0. The number of hydrogen-bond acceptors (Lipinski definition) is 3. The Kier molecular flexibility index (Phi) is 7.37. The first-order valence-corrected chi connectivity index (χ1v) is 12.4. The number of para-hydroxylation sites is 1. The van der Waals surface area contributed by atoms with Crippen molar-refractivity contribution in [2.24, 2.45) is 0 Å². The molecule has 0 N–H and O–H groups in total. The zero-order chi connectivity index (χ0) is 25.1. The van der Waals surface area contributed by atoms with Crippen LogP contribution in [0.5, 0.6) is 0 Å². The van der Waals surface area contributed by atoms with E-state index < -0.39 is 6.04 Å². The summed E-state index contributed by atoms with van der Waals surface area (Å²) in [4.78, 5) is 34.3. The molecule has 1 heterocycles. The van der Waals surface area contributed by atoms with E-state index >= 15 is 0 Å². The largest absolute Gasteiger partial charge is 0.329 e. The Morgan fingerprint density at radius 1 is 1.06 bits per heavy atom.